The number of hydrogen-bond acceptors (Lipinski definition) is 4. The fourth-order valence-electron chi connectivity index (χ4n) is 1.98. The fraction of sp³-hybridized carbons (Fsp3) is 0. The van der Waals surface area contributed by atoms with Gasteiger partial charge in [-0.05, 0) is 24.3 Å². The molecule has 5 nitrogen and oxygen atoms in total. The number of nitrogens with zero attached hydrogens (tertiary/aromatic N) is 2. The molecular formula is C15H9FN2O3. The standard InChI is InChI=1S/C15H9FN2O3/c16-10-5-3-7-12(14(10)15(19)20)21-13-8-17-18-11-6-2-1-4-9(11)13/h1-8H,(H,19,20). The molecule has 0 aliphatic carbocycles. The summed E-state index contributed by atoms with van der Waals surface area (Å²) in [5, 5.41) is 17.5. The lowest BCUT2D eigenvalue weighted by molar-refractivity contribution is 0.0689. The van der Waals surface area contributed by atoms with Gasteiger partial charge in [-0.25, -0.2) is 9.18 Å². The molecule has 0 bridgehead atoms. The average molecular weight is 284 g/mol. The van der Waals surface area contributed by atoms with Gasteiger partial charge >= 0.3 is 5.97 Å². The van der Waals surface area contributed by atoms with Gasteiger partial charge in [-0.1, -0.05) is 18.2 Å². The molecule has 0 amide bonds. The van der Waals surface area contributed by atoms with Gasteiger partial charge in [0.05, 0.1) is 11.7 Å². The molecule has 0 saturated carbocycles. The molecule has 3 rings (SSSR count). The number of halogens is 1. The third-order valence-electron chi connectivity index (χ3n) is 2.92. The number of carboxylic acids is 1. The van der Waals surface area contributed by atoms with E-state index in [4.69, 9.17) is 9.84 Å². The third kappa shape index (κ3) is 2.38. The molecular weight excluding hydrogens is 275 g/mol. The number of fused-ring (bicyclic) bond motifs is 1. The topological polar surface area (TPSA) is 72.3 Å². The summed E-state index contributed by atoms with van der Waals surface area (Å²) >= 11 is 0. The quantitative estimate of drug-likeness (QED) is 0.799. The number of carboxylic acid groups (broad SMARTS) is 1. The van der Waals surface area contributed by atoms with Crippen molar-refractivity contribution in [3.05, 3.63) is 60.0 Å². The van der Waals surface area contributed by atoms with Crippen molar-refractivity contribution < 1.29 is 19.0 Å². The smallest absolute Gasteiger partial charge is 0.342 e. The van der Waals surface area contributed by atoms with E-state index in [1.165, 1.54) is 18.3 Å². The van der Waals surface area contributed by atoms with Crippen molar-refractivity contribution in [2.45, 2.75) is 0 Å². The van der Waals surface area contributed by atoms with Gasteiger partial charge < -0.3 is 9.84 Å². The van der Waals surface area contributed by atoms with E-state index in [2.05, 4.69) is 10.2 Å². The van der Waals surface area contributed by atoms with E-state index in [0.29, 0.717) is 16.7 Å². The van der Waals surface area contributed by atoms with Crippen molar-refractivity contribution in [2.24, 2.45) is 0 Å². The number of benzene rings is 2. The zero-order valence-corrected chi connectivity index (χ0v) is 10.7. The van der Waals surface area contributed by atoms with Crippen LogP contribution in [-0.4, -0.2) is 21.3 Å². The van der Waals surface area contributed by atoms with Crippen LogP contribution in [-0.2, 0) is 0 Å². The van der Waals surface area contributed by atoms with Gasteiger partial charge in [0.25, 0.3) is 0 Å². The third-order valence-corrected chi connectivity index (χ3v) is 2.92. The van der Waals surface area contributed by atoms with Gasteiger partial charge in [-0.15, -0.1) is 0 Å². The first kappa shape index (κ1) is 13.0. The van der Waals surface area contributed by atoms with Crippen LogP contribution >= 0.6 is 0 Å². The Morgan fingerprint density at radius 2 is 1.90 bits per heavy atom. The van der Waals surface area contributed by atoms with Crippen LogP contribution in [0.15, 0.2) is 48.7 Å². The molecule has 0 saturated heterocycles. The lowest BCUT2D eigenvalue weighted by atomic mass is 10.2. The zero-order valence-electron chi connectivity index (χ0n) is 10.7. The van der Waals surface area contributed by atoms with Gasteiger partial charge in [0, 0.05) is 5.39 Å². The minimum absolute atomic E-state index is 0.0827. The van der Waals surface area contributed by atoms with E-state index in [0.717, 1.165) is 6.07 Å². The molecule has 2 aromatic carbocycles. The Bertz CT molecular complexity index is 831. The number of rotatable bonds is 3. The highest BCUT2D eigenvalue weighted by Gasteiger charge is 2.18. The minimum Gasteiger partial charge on any atom is -0.477 e. The Balaban J connectivity index is 2.12. The summed E-state index contributed by atoms with van der Waals surface area (Å²) in [5.74, 6) is -2.02. The molecule has 0 atom stereocenters. The molecule has 0 aliphatic rings. The Morgan fingerprint density at radius 3 is 2.71 bits per heavy atom. The summed E-state index contributed by atoms with van der Waals surface area (Å²) in [5.41, 5.74) is 0.0849. The molecule has 0 fully saturated rings. The molecule has 0 radical (unpaired) electrons. The minimum atomic E-state index is -1.39. The van der Waals surface area contributed by atoms with Gasteiger partial charge in [-0.2, -0.15) is 10.2 Å². The maximum absolute atomic E-state index is 13.6. The van der Waals surface area contributed by atoms with Crippen molar-refractivity contribution in [1.82, 2.24) is 10.2 Å². The molecule has 1 aromatic heterocycles. The van der Waals surface area contributed by atoms with Crippen LogP contribution in [0.4, 0.5) is 4.39 Å². The maximum Gasteiger partial charge on any atom is 0.342 e. The van der Waals surface area contributed by atoms with E-state index in [1.807, 2.05) is 0 Å². The van der Waals surface area contributed by atoms with E-state index in [9.17, 15) is 9.18 Å². The van der Waals surface area contributed by atoms with E-state index < -0.39 is 17.3 Å². The lowest BCUT2D eigenvalue weighted by Gasteiger charge is -2.10. The Hall–Kier alpha value is -3.02. The van der Waals surface area contributed by atoms with Crippen LogP contribution in [0.2, 0.25) is 0 Å². The number of aromatic nitrogens is 2. The summed E-state index contributed by atoms with van der Waals surface area (Å²) < 4.78 is 19.2. The molecule has 6 heteroatoms. The van der Waals surface area contributed by atoms with Crippen LogP contribution in [0, 0.1) is 5.82 Å². The SMILES string of the molecule is O=C(O)c1c(F)cccc1Oc1cnnc2ccccc12. The van der Waals surface area contributed by atoms with Crippen LogP contribution < -0.4 is 4.74 Å². The molecule has 104 valence electrons. The normalized spacial score (nSPS) is 10.5. The predicted octanol–water partition coefficient (Wildman–Crippen LogP) is 3.26. The van der Waals surface area contributed by atoms with Gasteiger partial charge in [0.1, 0.15) is 17.1 Å². The van der Waals surface area contributed by atoms with Crippen molar-refractivity contribution in [1.29, 1.82) is 0 Å². The molecule has 1 N–H and O–H groups in total. The van der Waals surface area contributed by atoms with E-state index >= 15 is 0 Å². The predicted molar refractivity (Wildman–Crippen MR) is 73.0 cm³/mol. The lowest BCUT2D eigenvalue weighted by Crippen LogP contribution is -2.03. The second-order valence-electron chi connectivity index (χ2n) is 4.25. The van der Waals surface area contributed by atoms with E-state index in [-0.39, 0.29) is 5.75 Å². The zero-order chi connectivity index (χ0) is 14.8. The van der Waals surface area contributed by atoms with Gasteiger partial charge in [0.15, 0.2) is 5.75 Å². The summed E-state index contributed by atoms with van der Waals surface area (Å²) in [6.07, 6.45) is 1.36. The highest BCUT2D eigenvalue weighted by Crippen LogP contribution is 2.31. The van der Waals surface area contributed by atoms with Crippen molar-refractivity contribution in [3.8, 4) is 11.5 Å². The molecule has 0 spiro atoms. The Kier molecular flexibility index (Phi) is 3.19. The number of hydrogen-bond donors (Lipinski definition) is 1. The monoisotopic (exact) mass is 284 g/mol. The number of carbonyl (C=O) groups is 1. The first-order valence-corrected chi connectivity index (χ1v) is 6.07. The van der Waals surface area contributed by atoms with Crippen molar-refractivity contribution >= 4 is 16.9 Å². The van der Waals surface area contributed by atoms with Gasteiger partial charge in [0.2, 0.25) is 0 Å². The average Bonchev–Trinajstić information content (AvgIpc) is 2.47. The largest absolute Gasteiger partial charge is 0.477 e. The maximum atomic E-state index is 13.6. The van der Waals surface area contributed by atoms with Gasteiger partial charge in [-0.3, -0.25) is 0 Å². The highest BCUT2D eigenvalue weighted by molar-refractivity contribution is 5.92. The Labute approximate surface area is 118 Å². The molecule has 21 heavy (non-hydrogen) atoms. The second kappa shape index (κ2) is 5.16. The highest BCUT2D eigenvalue weighted by atomic mass is 19.1. The summed E-state index contributed by atoms with van der Waals surface area (Å²) in [4.78, 5) is 11.1. The van der Waals surface area contributed by atoms with E-state index in [1.54, 1.807) is 24.3 Å². The molecule has 3 aromatic rings. The second-order valence-corrected chi connectivity index (χ2v) is 4.25. The van der Waals surface area contributed by atoms with Crippen LogP contribution in [0.5, 0.6) is 11.5 Å². The van der Waals surface area contributed by atoms with Crippen LogP contribution in [0.25, 0.3) is 10.9 Å². The molecule has 1 heterocycles. The first-order chi connectivity index (χ1) is 10.2. The van der Waals surface area contributed by atoms with Crippen LogP contribution in [0.3, 0.4) is 0 Å². The first-order valence-electron chi connectivity index (χ1n) is 6.07. The summed E-state index contributed by atoms with van der Waals surface area (Å²) in [6.45, 7) is 0. The van der Waals surface area contributed by atoms with Crippen LogP contribution in [0.1, 0.15) is 10.4 Å². The van der Waals surface area contributed by atoms with Crippen molar-refractivity contribution in [3.63, 3.8) is 0 Å². The van der Waals surface area contributed by atoms with Crippen molar-refractivity contribution in [2.75, 3.05) is 0 Å². The molecule has 0 aliphatic heterocycles. The summed E-state index contributed by atoms with van der Waals surface area (Å²) in [6, 6.07) is 10.9. The number of ether oxygens (including phenoxy) is 1. The molecule has 0 unspecified atom stereocenters. The fourth-order valence-corrected chi connectivity index (χ4v) is 1.98. The Morgan fingerprint density at radius 1 is 1.10 bits per heavy atom. The summed E-state index contributed by atoms with van der Waals surface area (Å²) in [7, 11) is 0. The number of aromatic carboxylic acids is 1.